The van der Waals surface area contributed by atoms with Crippen LogP contribution < -0.4 is 0 Å². The second kappa shape index (κ2) is 4.97. The van der Waals surface area contributed by atoms with E-state index in [1.54, 1.807) is 12.1 Å². The number of H-pyrrole nitrogens is 1. The van der Waals surface area contributed by atoms with Crippen molar-refractivity contribution < 1.29 is 20.1 Å². The Morgan fingerprint density at radius 2 is 2.11 bits per heavy atom. The highest BCUT2D eigenvalue weighted by Gasteiger charge is 2.19. The number of carboxylic acid groups (broad SMARTS) is 1. The summed E-state index contributed by atoms with van der Waals surface area (Å²) in [5.74, 6) is -1.15. The molecule has 2 atom stereocenters. The Kier molecular flexibility index (Phi) is 3.56. The van der Waals surface area contributed by atoms with E-state index in [1.165, 1.54) is 12.3 Å². The number of aliphatic hydroxyl groups excluding tert-OH is 2. The van der Waals surface area contributed by atoms with Crippen LogP contribution in [0, 0.1) is 0 Å². The smallest absolute Gasteiger partial charge is 0.337 e. The third-order valence-corrected chi connectivity index (χ3v) is 3.12. The molecule has 96 valence electrons. The van der Waals surface area contributed by atoms with Crippen LogP contribution in [0.1, 0.15) is 22.0 Å². The summed E-state index contributed by atoms with van der Waals surface area (Å²) in [7, 11) is 0. The molecule has 0 fully saturated rings. The fourth-order valence-electron chi connectivity index (χ4n) is 1.81. The van der Waals surface area contributed by atoms with Gasteiger partial charge in [0.1, 0.15) is 6.10 Å². The number of carbonyl (C=O) groups is 1. The number of carboxylic acids is 1. The van der Waals surface area contributed by atoms with Gasteiger partial charge in [0.05, 0.1) is 17.5 Å². The zero-order valence-electron chi connectivity index (χ0n) is 9.30. The molecule has 5 nitrogen and oxygen atoms in total. The second-order valence-electron chi connectivity index (χ2n) is 3.98. The first-order valence-electron chi connectivity index (χ1n) is 5.31. The molecule has 0 aliphatic carbocycles. The Balaban J connectivity index is 2.48. The summed E-state index contributed by atoms with van der Waals surface area (Å²) in [5, 5.41) is 28.8. The van der Waals surface area contributed by atoms with E-state index in [1.807, 2.05) is 0 Å². The number of halogens is 1. The molecule has 0 radical (unpaired) electrons. The van der Waals surface area contributed by atoms with E-state index in [0.29, 0.717) is 16.5 Å². The van der Waals surface area contributed by atoms with Gasteiger partial charge in [0.25, 0.3) is 0 Å². The van der Waals surface area contributed by atoms with E-state index in [9.17, 15) is 15.0 Å². The molecule has 2 unspecified atom stereocenters. The average molecular weight is 270 g/mol. The molecule has 1 aromatic carbocycles. The largest absolute Gasteiger partial charge is 0.478 e. The molecule has 4 N–H and O–H groups in total. The molecule has 0 bridgehead atoms. The van der Waals surface area contributed by atoms with Gasteiger partial charge in [0, 0.05) is 17.1 Å². The molecule has 1 aromatic heterocycles. The number of benzene rings is 1. The number of hydrogen-bond acceptors (Lipinski definition) is 3. The minimum absolute atomic E-state index is 0.0991. The van der Waals surface area contributed by atoms with Crippen LogP contribution in [0.5, 0.6) is 0 Å². The van der Waals surface area contributed by atoms with Crippen LogP contribution in [0.25, 0.3) is 10.9 Å². The second-order valence-corrected chi connectivity index (χ2v) is 4.29. The normalized spacial score (nSPS) is 14.6. The van der Waals surface area contributed by atoms with Crippen molar-refractivity contribution in [1.82, 2.24) is 4.98 Å². The zero-order valence-corrected chi connectivity index (χ0v) is 10.1. The first-order chi connectivity index (χ1) is 8.54. The van der Waals surface area contributed by atoms with E-state index < -0.39 is 18.2 Å². The highest BCUT2D eigenvalue weighted by molar-refractivity contribution is 6.18. The van der Waals surface area contributed by atoms with E-state index in [-0.39, 0.29) is 11.4 Å². The van der Waals surface area contributed by atoms with Gasteiger partial charge in [-0.3, -0.25) is 0 Å². The number of rotatable bonds is 4. The highest BCUT2D eigenvalue weighted by Crippen LogP contribution is 2.25. The van der Waals surface area contributed by atoms with Crippen LogP contribution in [0.4, 0.5) is 0 Å². The summed E-state index contributed by atoms with van der Waals surface area (Å²) in [6.45, 7) is 0. The lowest BCUT2D eigenvalue weighted by Gasteiger charge is -2.15. The van der Waals surface area contributed by atoms with Gasteiger partial charge in [-0.2, -0.15) is 0 Å². The van der Waals surface area contributed by atoms with Gasteiger partial charge in [-0.15, -0.1) is 11.6 Å². The third kappa shape index (κ3) is 2.20. The molecule has 2 rings (SSSR count). The quantitative estimate of drug-likeness (QED) is 0.633. The van der Waals surface area contributed by atoms with Gasteiger partial charge in [0.15, 0.2) is 0 Å². The summed E-state index contributed by atoms with van der Waals surface area (Å²) in [6.07, 6.45) is -0.832. The fourth-order valence-corrected chi connectivity index (χ4v) is 1.97. The zero-order chi connectivity index (χ0) is 13.3. The van der Waals surface area contributed by atoms with Crippen LogP contribution >= 0.6 is 11.6 Å². The van der Waals surface area contributed by atoms with E-state index in [0.717, 1.165) is 0 Å². The van der Waals surface area contributed by atoms with Gasteiger partial charge in [0.2, 0.25) is 0 Å². The van der Waals surface area contributed by atoms with Gasteiger partial charge < -0.3 is 20.3 Å². The number of hydrogen-bond donors (Lipinski definition) is 4. The van der Waals surface area contributed by atoms with Crippen molar-refractivity contribution in [2.75, 3.05) is 5.88 Å². The number of alkyl halides is 1. The first kappa shape index (κ1) is 12.9. The lowest BCUT2D eigenvalue weighted by molar-refractivity contribution is 0.0328. The van der Waals surface area contributed by atoms with Crippen molar-refractivity contribution in [2.24, 2.45) is 0 Å². The number of aliphatic hydroxyl groups is 2. The molecule has 0 aliphatic heterocycles. The van der Waals surface area contributed by atoms with Crippen LogP contribution in [-0.2, 0) is 0 Å². The molecule has 6 heteroatoms. The summed E-state index contributed by atoms with van der Waals surface area (Å²) in [4.78, 5) is 13.8. The molecule has 0 aliphatic rings. The van der Waals surface area contributed by atoms with Crippen LogP contribution in [0.15, 0.2) is 24.4 Å². The predicted octanol–water partition coefficient (Wildman–Crippen LogP) is 1.50. The monoisotopic (exact) mass is 269 g/mol. The van der Waals surface area contributed by atoms with Crippen molar-refractivity contribution >= 4 is 28.5 Å². The lowest BCUT2D eigenvalue weighted by atomic mass is 10.0. The van der Waals surface area contributed by atoms with Crippen LogP contribution in [0.3, 0.4) is 0 Å². The minimum Gasteiger partial charge on any atom is -0.478 e. The molecule has 0 spiro atoms. The average Bonchev–Trinajstić information content (AvgIpc) is 2.79. The highest BCUT2D eigenvalue weighted by atomic mass is 35.5. The van der Waals surface area contributed by atoms with E-state index in [4.69, 9.17) is 16.7 Å². The predicted molar refractivity (Wildman–Crippen MR) is 66.9 cm³/mol. The van der Waals surface area contributed by atoms with Gasteiger partial charge >= 0.3 is 5.97 Å². The number of aromatic amines is 1. The maximum absolute atomic E-state index is 11.0. The van der Waals surface area contributed by atoms with E-state index >= 15 is 0 Å². The van der Waals surface area contributed by atoms with Crippen molar-refractivity contribution in [3.8, 4) is 0 Å². The molecule has 1 heterocycles. The van der Waals surface area contributed by atoms with Gasteiger partial charge in [-0.25, -0.2) is 4.79 Å². The molecule has 0 saturated heterocycles. The maximum atomic E-state index is 11.0. The van der Waals surface area contributed by atoms with Crippen molar-refractivity contribution in [3.63, 3.8) is 0 Å². The lowest BCUT2D eigenvalue weighted by Crippen LogP contribution is -2.19. The van der Waals surface area contributed by atoms with Crippen molar-refractivity contribution in [1.29, 1.82) is 0 Å². The summed E-state index contributed by atoms with van der Waals surface area (Å²) in [6, 6.07) is 4.81. The molecule has 0 amide bonds. The van der Waals surface area contributed by atoms with Gasteiger partial charge in [-0.1, -0.05) is 6.07 Å². The first-order valence-corrected chi connectivity index (χ1v) is 5.84. The Morgan fingerprint density at radius 3 is 2.72 bits per heavy atom. The number of fused-ring (bicyclic) bond motifs is 1. The van der Waals surface area contributed by atoms with Gasteiger partial charge in [-0.05, 0) is 17.7 Å². The Morgan fingerprint density at radius 1 is 1.39 bits per heavy atom. The Hall–Kier alpha value is -1.56. The molecule has 18 heavy (non-hydrogen) atoms. The number of aromatic carboxylic acids is 1. The molecule has 2 aromatic rings. The van der Waals surface area contributed by atoms with Crippen molar-refractivity contribution in [2.45, 2.75) is 12.2 Å². The SMILES string of the molecule is O=C(O)c1c[nH]c2ccc(C(O)C(O)CCl)cc12. The Bertz CT molecular complexity index is 580. The summed E-state index contributed by atoms with van der Waals surface area (Å²) in [5.41, 5.74) is 1.21. The summed E-state index contributed by atoms with van der Waals surface area (Å²) < 4.78 is 0. The Labute approximate surface area is 108 Å². The van der Waals surface area contributed by atoms with Crippen molar-refractivity contribution in [3.05, 3.63) is 35.5 Å². The number of aromatic nitrogens is 1. The maximum Gasteiger partial charge on any atom is 0.337 e. The number of nitrogens with one attached hydrogen (secondary N) is 1. The van der Waals surface area contributed by atoms with E-state index in [2.05, 4.69) is 4.98 Å². The fraction of sp³-hybridized carbons (Fsp3) is 0.250. The standard InChI is InChI=1S/C12H12ClNO4/c13-4-10(15)11(16)6-1-2-9-7(3-6)8(5-14-9)12(17)18/h1-3,5,10-11,14-16H,4H2,(H,17,18). The summed E-state index contributed by atoms with van der Waals surface area (Å²) >= 11 is 5.47. The minimum atomic E-state index is -1.14. The third-order valence-electron chi connectivity index (χ3n) is 2.80. The molecular formula is C12H12ClNO4. The van der Waals surface area contributed by atoms with Crippen LogP contribution in [-0.4, -0.2) is 38.3 Å². The molecular weight excluding hydrogens is 258 g/mol. The van der Waals surface area contributed by atoms with Crippen LogP contribution in [0.2, 0.25) is 0 Å². The topological polar surface area (TPSA) is 93.5 Å². The molecule has 0 saturated carbocycles.